The van der Waals surface area contributed by atoms with Crippen LogP contribution in [0.5, 0.6) is 0 Å². The van der Waals surface area contributed by atoms with Crippen LogP contribution in [0, 0.1) is 12.8 Å². The smallest absolute Gasteiger partial charge is 0.238 e. The number of carbonyl (C=O) groups is 2. The zero-order chi connectivity index (χ0) is 19.9. The molecule has 1 aliphatic heterocycles. The predicted octanol–water partition coefficient (Wildman–Crippen LogP) is 2.25. The highest BCUT2D eigenvalue weighted by molar-refractivity contribution is 5.92. The average molecular weight is 387 g/mol. The molecule has 28 heavy (non-hydrogen) atoms. The van der Waals surface area contributed by atoms with E-state index >= 15 is 0 Å². The fourth-order valence-electron chi connectivity index (χ4n) is 4.13. The highest BCUT2D eigenvalue weighted by Gasteiger charge is 2.25. The summed E-state index contributed by atoms with van der Waals surface area (Å²) in [5, 5.41) is 6.18. The Morgan fingerprint density at radius 1 is 0.929 bits per heavy atom. The lowest BCUT2D eigenvalue weighted by Crippen LogP contribution is -2.52. The number of aryl methyl sites for hydroxylation is 1. The fourth-order valence-corrected chi connectivity index (χ4v) is 4.13. The Kier molecular flexibility index (Phi) is 7.45. The first-order valence-corrected chi connectivity index (χ1v) is 10.6. The second-order valence-corrected chi connectivity index (χ2v) is 8.40. The SMILES string of the molecule is Cc1ccc(NC(=O)CN2CCN(CC(=O)N[C@H]3CCCC[C@@H]3C)CC2)cc1. The minimum absolute atomic E-state index is 0.0151. The monoisotopic (exact) mass is 386 g/mol. The lowest BCUT2D eigenvalue weighted by atomic mass is 9.86. The Hall–Kier alpha value is -1.92. The zero-order valence-electron chi connectivity index (χ0n) is 17.2. The molecule has 0 radical (unpaired) electrons. The van der Waals surface area contributed by atoms with Gasteiger partial charge in [0, 0.05) is 37.9 Å². The summed E-state index contributed by atoms with van der Waals surface area (Å²) in [5.74, 6) is 0.743. The van der Waals surface area contributed by atoms with Crippen molar-refractivity contribution >= 4 is 17.5 Å². The molecule has 154 valence electrons. The quantitative estimate of drug-likeness (QED) is 0.787. The first kappa shape index (κ1) is 20.8. The second kappa shape index (κ2) is 10.0. The maximum atomic E-state index is 12.4. The second-order valence-electron chi connectivity index (χ2n) is 8.40. The molecular weight excluding hydrogens is 352 g/mol. The molecule has 6 heteroatoms. The van der Waals surface area contributed by atoms with Crippen LogP contribution in [0.15, 0.2) is 24.3 Å². The predicted molar refractivity (Wildman–Crippen MR) is 112 cm³/mol. The highest BCUT2D eigenvalue weighted by Crippen LogP contribution is 2.23. The van der Waals surface area contributed by atoms with Gasteiger partial charge < -0.3 is 10.6 Å². The number of hydrogen-bond donors (Lipinski definition) is 2. The molecule has 6 nitrogen and oxygen atoms in total. The molecule has 2 amide bonds. The summed E-state index contributed by atoms with van der Waals surface area (Å²) in [6.07, 6.45) is 4.83. The van der Waals surface area contributed by atoms with Crippen molar-refractivity contribution in [1.82, 2.24) is 15.1 Å². The van der Waals surface area contributed by atoms with Crippen molar-refractivity contribution in [3.8, 4) is 0 Å². The normalized spacial score (nSPS) is 23.9. The molecule has 3 rings (SSSR count). The Balaban J connectivity index is 1.35. The molecule has 0 bridgehead atoms. The number of anilines is 1. The van der Waals surface area contributed by atoms with E-state index in [2.05, 4.69) is 27.4 Å². The van der Waals surface area contributed by atoms with Crippen molar-refractivity contribution in [2.45, 2.75) is 45.6 Å². The van der Waals surface area contributed by atoms with Gasteiger partial charge in [0.15, 0.2) is 0 Å². The van der Waals surface area contributed by atoms with Crippen molar-refractivity contribution in [3.63, 3.8) is 0 Å². The molecule has 0 spiro atoms. The van der Waals surface area contributed by atoms with E-state index in [0.29, 0.717) is 25.0 Å². The summed E-state index contributed by atoms with van der Waals surface area (Å²) in [5.41, 5.74) is 2.01. The van der Waals surface area contributed by atoms with Crippen molar-refractivity contribution in [3.05, 3.63) is 29.8 Å². The Labute approximate surface area is 168 Å². The van der Waals surface area contributed by atoms with Crippen LogP contribution in [0.2, 0.25) is 0 Å². The van der Waals surface area contributed by atoms with Crippen LogP contribution in [0.25, 0.3) is 0 Å². The maximum absolute atomic E-state index is 12.4. The molecule has 1 saturated carbocycles. The molecule has 0 aromatic heterocycles. The van der Waals surface area contributed by atoms with Crippen LogP contribution in [0.3, 0.4) is 0 Å². The van der Waals surface area contributed by atoms with Gasteiger partial charge in [-0.3, -0.25) is 19.4 Å². The van der Waals surface area contributed by atoms with Gasteiger partial charge in [-0.1, -0.05) is 37.5 Å². The Morgan fingerprint density at radius 2 is 1.50 bits per heavy atom. The molecule has 1 heterocycles. The number of amides is 2. The van der Waals surface area contributed by atoms with E-state index in [1.54, 1.807) is 0 Å². The van der Waals surface area contributed by atoms with Gasteiger partial charge >= 0.3 is 0 Å². The summed E-state index contributed by atoms with van der Waals surface area (Å²) in [4.78, 5) is 29.0. The van der Waals surface area contributed by atoms with Crippen molar-refractivity contribution < 1.29 is 9.59 Å². The van der Waals surface area contributed by atoms with Crippen molar-refractivity contribution in [2.75, 3.05) is 44.6 Å². The number of hydrogen-bond acceptors (Lipinski definition) is 4. The first-order valence-electron chi connectivity index (χ1n) is 10.6. The van der Waals surface area contributed by atoms with Gasteiger partial charge in [0.05, 0.1) is 13.1 Å². The van der Waals surface area contributed by atoms with Gasteiger partial charge in [-0.05, 0) is 37.8 Å². The van der Waals surface area contributed by atoms with Crippen molar-refractivity contribution in [1.29, 1.82) is 0 Å². The highest BCUT2D eigenvalue weighted by atomic mass is 16.2. The van der Waals surface area contributed by atoms with Crippen LogP contribution in [0.1, 0.15) is 38.2 Å². The zero-order valence-corrected chi connectivity index (χ0v) is 17.2. The molecule has 2 N–H and O–H groups in total. The summed E-state index contributed by atoms with van der Waals surface area (Å²) < 4.78 is 0. The summed E-state index contributed by atoms with van der Waals surface area (Å²) in [6, 6.07) is 8.18. The van der Waals surface area contributed by atoms with E-state index in [4.69, 9.17) is 0 Å². The van der Waals surface area contributed by atoms with Gasteiger partial charge in [0.2, 0.25) is 11.8 Å². The molecule has 1 aliphatic carbocycles. The molecule has 1 aromatic rings. The van der Waals surface area contributed by atoms with Crippen LogP contribution in [0.4, 0.5) is 5.69 Å². The van der Waals surface area contributed by atoms with Crippen LogP contribution < -0.4 is 10.6 Å². The third kappa shape index (κ3) is 6.31. The fraction of sp³-hybridized carbons (Fsp3) is 0.636. The topological polar surface area (TPSA) is 64.7 Å². The maximum Gasteiger partial charge on any atom is 0.238 e. The van der Waals surface area contributed by atoms with E-state index in [0.717, 1.165) is 38.3 Å². The lowest BCUT2D eigenvalue weighted by molar-refractivity contribution is -0.124. The number of piperazine rings is 1. The van der Waals surface area contributed by atoms with Gasteiger partial charge in [-0.15, -0.1) is 0 Å². The minimum Gasteiger partial charge on any atom is -0.352 e. The molecule has 2 aliphatic rings. The molecule has 1 aromatic carbocycles. The third-order valence-corrected chi connectivity index (χ3v) is 5.99. The molecule has 2 fully saturated rings. The molecule has 0 unspecified atom stereocenters. The largest absolute Gasteiger partial charge is 0.352 e. The summed E-state index contributed by atoms with van der Waals surface area (Å²) in [7, 11) is 0. The lowest BCUT2D eigenvalue weighted by Gasteiger charge is -2.35. The minimum atomic E-state index is 0.0151. The molecular formula is C22H34N4O2. The summed E-state index contributed by atoms with van der Waals surface area (Å²) >= 11 is 0. The summed E-state index contributed by atoms with van der Waals surface area (Å²) in [6.45, 7) is 8.41. The first-order chi connectivity index (χ1) is 13.5. The Morgan fingerprint density at radius 3 is 2.11 bits per heavy atom. The van der Waals surface area contributed by atoms with E-state index in [1.165, 1.54) is 24.8 Å². The molecule has 2 atom stereocenters. The number of nitrogens with one attached hydrogen (secondary N) is 2. The van der Waals surface area contributed by atoms with Crippen LogP contribution >= 0.6 is 0 Å². The van der Waals surface area contributed by atoms with Gasteiger partial charge in [0.25, 0.3) is 0 Å². The number of rotatable bonds is 6. The van der Waals surface area contributed by atoms with E-state index < -0.39 is 0 Å². The van der Waals surface area contributed by atoms with Gasteiger partial charge in [-0.2, -0.15) is 0 Å². The van der Waals surface area contributed by atoms with E-state index in [-0.39, 0.29) is 11.8 Å². The average Bonchev–Trinajstić information content (AvgIpc) is 2.67. The van der Waals surface area contributed by atoms with E-state index in [1.807, 2.05) is 31.2 Å². The van der Waals surface area contributed by atoms with Crippen LogP contribution in [-0.2, 0) is 9.59 Å². The van der Waals surface area contributed by atoms with Gasteiger partial charge in [-0.25, -0.2) is 0 Å². The van der Waals surface area contributed by atoms with Crippen molar-refractivity contribution in [2.24, 2.45) is 5.92 Å². The Bertz CT molecular complexity index is 653. The van der Waals surface area contributed by atoms with Crippen LogP contribution in [-0.4, -0.2) is 66.9 Å². The number of nitrogens with zero attached hydrogens (tertiary/aromatic N) is 2. The van der Waals surface area contributed by atoms with Gasteiger partial charge in [0.1, 0.15) is 0 Å². The third-order valence-electron chi connectivity index (χ3n) is 5.99. The number of carbonyl (C=O) groups excluding carboxylic acids is 2. The number of benzene rings is 1. The standard InChI is InChI=1S/C22H34N4O2/c1-17-7-9-19(10-8-17)23-21(27)15-25-11-13-26(14-12-25)16-22(28)24-20-6-4-3-5-18(20)2/h7-10,18,20H,3-6,11-16H2,1-2H3,(H,23,27)(H,24,28)/t18-,20-/m0/s1. The van der Waals surface area contributed by atoms with E-state index in [9.17, 15) is 9.59 Å². The molecule has 1 saturated heterocycles.